The number of piperazine rings is 1. The number of carbonyl (C=O) groups is 1. The molecule has 0 spiro atoms. The van der Waals surface area contributed by atoms with Crippen LogP contribution in [0.25, 0.3) is 5.65 Å². The Labute approximate surface area is 167 Å². The Balaban J connectivity index is 0.00000225. The molecule has 4 rings (SSSR count). The number of rotatable bonds is 3. The van der Waals surface area contributed by atoms with Gasteiger partial charge < -0.3 is 10.2 Å². The highest BCUT2D eigenvalue weighted by atomic mass is 35.5. The highest BCUT2D eigenvalue weighted by Crippen LogP contribution is 2.23. The lowest BCUT2D eigenvalue weighted by Gasteiger charge is -2.36. The van der Waals surface area contributed by atoms with Gasteiger partial charge in [-0.2, -0.15) is 0 Å². The summed E-state index contributed by atoms with van der Waals surface area (Å²) < 4.78 is 15.0. The van der Waals surface area contributed by atoms with E-state index in [9.17, 15) is 14.0 Å². The summed E-state index contributed by atoms with van der Waals surface area (Å²) in [5, 5.41) is 6.06. The number of aromatic nitrogens is 3. The molecule has 7 nitrogen and oxygen atoms in total. The summed E-state index contributed by atoms with van der Waals surface area (Å²) in [5.74, 6) is -0.500. The minimum absolute atomic E-state index is 0. The number of aryl methyl sites for hydroxylation is 1. The molecular weight excluding hydrogens is 385 g/mol. The number of amides is 1. The van der Waals surface area contributed by atoms with E-state index in [1.54, 1.807) is 30.2 Å². The van der Waals surface area contributed by atoms with Gasteiger partial charge in [0.25, 0.3) is 5.56 Å². The first-order chi connectivity index (χ1) is 13.0. The minimum atomic E-state index is -0.332. The number of hydrogen-bond donors (Lipinski definition) is 2. The largest absolute Gasteiger partial charge is 0.333 e. The molecule has 1 unspecified atom stereocenters. The Morgan fingerprint density at radius 3 is 2.96 bits per heavy atom. The number of benzene rings is 1. The number of aromatic amines is 1. The van der Waals surface area contributed by atoms with Crippen molar-refractivity contribution < 1.29 is 9.18 Å². The van der Waals surface area contributed by atoms with Crippen LogP contribution >= 0.6 is 12.4 Å². The van der Waals surface area contributed by atoms with Gasteiger partial charge >= 0.3 is 0 Å². The smallest absolute Gasteiger partial charge is 0.276 e. The van der Waals surface area contributed by atoms with Crippen LogP contribution in [-0.4, -0.2) is 45.0 Å². The van der Waals surface area contributed by atoms with Crippen molar-refractivity contribution in [3.05, 3.63) is 69.5 Å². The maximum Gasteiger partial charge on any atom is 0.276 e. The SMILES string of the molecule is Cc1nc2cc[nH]n2c(=O)c1CC(=O)N1CCNCC1c1cccc(F)c1.Cl. The quantitative estimate of drug-likeness (QED) is 0.693. The van der Waals surface area contributed by atoms with Gasteiger partial charge in [0, 0.05) is 43.2 Å². The lowest BCUT2D eigenvalue weighted by atomic mass is 10.0. The van der Waals surface area contributed by atoms with Crippen LogP contribution in [-0.2, 0) is 11.2 Å². The lowest BCUT2D eigenvalue weighted by Crippen LogP contribution is -2.49. The summed E-state index contributed by atoms with van der Waals surface area (Å²) in [6, 6.07) is 7.72. The Bertz CT molecular complexity index is 1060. The second kappa shape index (κ2) is 8.12. The predicted molar refractivity (Wildman–Crippen MR) is 105 cm³/mol. The third kappa shape index (κ3) is 3.65. The molecule has 3 aromatic rings. The molecule has 2 N–H and O–H groups in total. The van der Waals surface area contributed by atoms with Gasteiger partial charge in [0.2, 0.25) is 5.91 Å². The fraction of sp³-hybridized carbons (Fsp3) is 0.316. The summed E-state index contributed by atoms with van der Waals surface area (Å²) in [4.78, 5) is 31.8. The number of fused-ring (bicyclic) bond motifs is 1. The summed E-state index contributed by atoms with van der Waals surface area (Å²) >= 11 is 0. The average molecular weight is 406 g/mol. The van der Waals surface area contributed by atoms with Crippen LogP contribution in [0.3, 0.4) is 0 Å². The second-order valence-electron chi connectivity index (χ2n) is 6.68. The molecule has 2 aromatic heterocycles. The zero-order chi connectivity index (χ0) is 19.0. The molecule has 0 radical (unpaired) electrons. The van der Waals surface area contributed by atoms with Gasteiger partial charge in [0.05, 0.1) is 12.5 Å². The van der Waals surface area contributed by atoms with Crippen molar-refractivity contribution in [2.75, 3.05) is 19.6 Å². The van der Waals surface area contributed by atoms with Crippen LogP contribution in [0.15, 0.2) is 41.3 Å². The maximum absolute atomic E-state index is 13.6. The van der Waals surface area contributed by atoms with E-state index in [1.165, 1.54) is 16.6 Å². The molecule has 148 valence electrons. The fourth-order valence-electron chi connectivity index (χ4n) is 3.58. The molecule has 1 aromatic carbocycles. The van der Waals surface area contributed by atoms with E-state index in [0.29, 0.717) is 36.5 Å². The first kappa shape index (κ1) is 20.0. The van der Waals surface area contributed by atoms with Crippen molar-refractivity contribution >= 4 is 24.0 Å². The van der Waals surface area contributed by atoms with Crippen LogP contribution in [0.2, 0.25) is 0 Å². The van der Waals surface area contributed by atoms with Crippen LogP contribution in [0.1, 0.15) is 22.9 Å². The van der Waals surface area contributed by atoms with E-state index < -0.39 is 0 Å². The third-order valence-electron chi connectivity index (χ3n) is 4.97. The Morgan fingerprint density at radius 1 is 1.36 bits per heavy atom. The minimum Gasteiger partial charge on any atom is -0.333 e. The summed E-state index contributed by atoms with van der Waals surface area (Å²) in [6.07, 6.45) is 1.59. The van der Waals surface area contributed by atoms with Gasteiger partial charge in [-0.3, -0.25) is 14.7 Å². The summed E-state index contributed by atoms with van der Waals surface area (Å²) in [5.41, 5.74) is 1.91. The van der Waals surface area contributed by atoms with Crippen molar-refractivity contribution in [3.63, 3.8) is 0 Å². The lowest BCUT2D eigenvalue weighted by molar-refractivity contribution is -0.133. The Hall–Kier alpha value is -2.71. The fourth-order valence-corrected chi connectivity index (χ4v) is 3.58. The first-order valence-electron chi connectivity index (χ1n) is 8.86. The molecule has 9 heteroatoms. The maximum atomic E-state index is 13.6. The zero-order valence-electron chi connectivity index (χ0n) is 15.3. The molecule has 0 saturated carbocycles. The average Bonchev–Trinajstić information content (AvgIpc) is 3.13. The Kier molecular flexibility index (Phi) is 5.81. The van der Waals surface area contributed by atoms with Gasteiger partial charge in [-0.25, -0.2) is 13.9 Å². The Morgan fingerprint density at radius 2 is 2.18 bits per heavy atom. The van der Waals surface area contributed by atoms with Crippen molar-refractivity contribution in [2.45, 2.75) is 19.4 Å². The summed E-state index contributed by atoms with van der Waals surface area (Å²) in [7, 11) is 0. The van der Waals surface area contributed by atoms with E-state index in [2.05, 4.69) is 15.4 Å². The number of H-pyrrole nitrogens is 1. The number of nitrogens with one attached hydrogen (secondary N) is 2. The molecule has 0 bridgehead atoms. The first-order valence-corrected chi connectivity index (χ1v) is 8.86. The van der Waals surface area contributed by atoms with Crippen LogP contribution < -0.4 is 10.9 Å². The zero-order valence-corrected chi connectivity index (χ0v) is 16.1. The molecule has 1 aliphatic heterocycles. The summed E-state index contributed by atoms with van der Waals surface area (Å²) in [6.45, 7) is 3.43. The van der Waals surface area contributed by atoms with Gasteiger partial charge in [-0.05, 0) is 24.6 Å². The second-order valence-corrected chi connectivity index (χ2v) is 6.68. The molecule has 3 heterocycles. The predicted octanol–water partition coefficient (Wildman–Crippen LogP) is 1.61. The molecule has 0 aliphatic carbocycles. The van der Waals surface area contributed by atoms with Crippen LogP contribution in [0, 0.1) is 12.7 Å². The molecular formula is C19H21ClFN5O2. The topological polar surface area (TPSA) is 82.5 Å². The molecule has 1 fully saturated rings. The van der Waals surface area contributed by atoms with Crippen molar-refractivity contribution in [1.82, 2.24) is 24.8 Å². The van der Waals surface area contributed by atoms with E-state index in [0.717, 1.165) is 5.56 Å². The molecule has 28 heavy (non-hydrogen) atoms. The third-order valence-corrected chi connectivity index (χ3v) is 4.97. The number of hydrogen-bond acceptors (Lipinski definition) is 4. The highest BCUT2D eigenvalue weighted by Gasteiger charge is 2.29. The molecule has 1 atom stereocenters. The van der Waals surface area contributed by atoms with Crippen molar-refractivity contribution in [3.8, 4) is 0 Å². The van der Waals surface area contributed by atoms with E-state index in [-0.39, 0.29) is 42.2 Å². The van der Waals surface area contributed by atoms with Crippen molar-refractivity contribution in [1.29, 1.82) is 0 Å². The number of carbonyl (C=O) groups excluding carboxylic acids is 1. The van der Waals surface area contributed by atoms with Gasteiger partial charge in [-0.1, -0.05) is 12.1 Å². The van der Waals surface area contributed by atoms with Gasteiger partial charge in [-0.15, -0.1) is 12.4 Å². The van der Waals surface area contributed by atoms with Gasteiger partial charge in [0.1, 0.15) is 5.82 Å². The number of nitrogens with zero attached hydrogens (tertiary/aromatic N) is 3. The normalized spacial score (nSPS) is 16.8. The van der Waals surface area contributed by atoms with E-state index >= 15 is 0 Å². The van der Waals surface area contributed by atoms with Crippen molar-refractivity contribution in [2.24, 2.45) is 0 Å². The van der Waals surface area contributed by atoms with Crippen LogP contribution in [0.5, 0.6) is 0 Å². The van der Waals surface area contributed by atoms with Crippen LogP contribution in [0.4, 0.5) is 4.39 Å². The van der Waals surface area contributed by atoms with E-state index in [4.69, 9.17) is 0 Å². The molecule has 1 saturated heterocycles. The van der Waals surface area contributed by atoms with Gasteiger partial charge in [0.15, 0.2) is 5.65 Å². The number of halogens is 2. The molecule has 1 aliphatic rings. The standard InChI is InChI=1S/C19H20FN5O2.ClH/c1-12-15(19(27)25-17(23-12)5-6-22-25)10-18(26)24-8-7-21-11-16(24)13-3-2-4-14(20)9-13;/h2-6,9,16,21-22H,7-8,10-11H2,1H3;1H. The highest BCUT2D eigenvalue weighted by molar-refractivity contribution is 5.85. The monoisotopic (exact) mass is 405 g/mol. The molecule has 1 amide bonds. The van der Waals surface area contributed by atoms with E-state index in [1.807, 2.05) is 6.07 Å².